The van der Waals surface area contributed by atoms with Gasteiger partial charge in [0.25, 0.3) is 0 Å². The van der Waals surface area contributed by atoms with Crippen LogP contribution in [0.3, 0.4) is 0 Å². The number of halogens is 3. The summed E-state index contributed by atoms with van der Waals surface area (Å²) < 4.78 is 36.4. The molecule has 1 aromatic carbocycles. The molecule has 0 radical (unpaired) electrons. The van der Waals surface area contributed by atoms with Crippen molar-refractivity contribution in [1.82, 2.24) is 5.32 Å². The number of aliphatic hydroxyl groups is 1. The quantitative estimate of drug-likeness (QED) is 0.778. The number of amides is 1. The van der Waals surface area contributed by atoms with Crippen molar-refractivity contribution < 1.29 is 23.1 Å². The maximum Gasteiger partial charge on any atom is 0.471 e. The molecule has 0 unspecified atom stereocenters. The first-order valence-electron chi connectivity index (χ1n) is 5.98. The van der Waals surface area contributed by atoms with Gasteiger partial charge in [-0.05, 0) is 31.5 Å². The average Bonchev–Trinajstić information content (AvgIpc) is 2.26. The Kier molecular flexibility index (Phi) is 5.13. The molecule has 0 heterocycles. The van der Waals surface area contributed by atoms with Crippen LogP contribution in [-0.2, 0) is 11.3 Å². The Labute approximate surface area is 115 Å². The predicted molar refractivity (Wildman–Crippen MR) is 69.1 cm³/mol. The van der Waals surface area contributed by atoms with Crippen molar-refractivity contribution in [3.8, 4) is 0 Å². The fraction of sp³-hybridized carbons (Fsp3) is 0.462. The minimum absolute atomic E-state index is 0.0786. The van der Waals surface area contributed by atoms with Crippen molar-refractivity contribution in [3.63, 3.8) is 0 Å². The SMILES string of the molecule is CC(C)(O)CNCc1cccc(NC(=O)C(F)(F)F)c1. The van der Waals surface area contributed by atoms with E-state index in [0.29, 0.717) is 18.7 Å². The average molecular weight is 290 g/mol. The van der Waals surface area contributed by atoms with Crippen molar-refractivity contribution in [3.05, 3.63) is 29.8 Å². The number of rotatable bonds is 5. The van der Waals surface area contributed by atoms with Crippen molar-refractivity contribution in [2.45, 2.75) is 32.2 Å². The molecule has 0 spiro atoms. The van der Waals surface area contributed by atoms with Crippen molar-refractivity contribution in [2.75, 3.05) is 11.9 Å². The molecule has 0 aliphatic rings. The molecule has 7 heteroatoms. The Bertz CT molecular complexity index is 467. The molecule has 3 N–H and O–H groups in total. The zero-order valence-electron chi connectivity index (χ0n) is 11.2. The topological polar surface area (TPSA) is 61.4 Å². The predicted octanol–water partition coefficient (Wildman–Crippen LogP) is 2.05. The molecule has 0 fully saturated rings. The molecule has 20 heavy (non-hydrogen) atoms. The zero-order chi connectivity index (χ0) is 15.4. The fourth-order valence-electron chi connectivity index (χ4n) is 1.47. The molecule has 1 amide bonds. The molecule has 112 valence electrons. The first-order chi connectivity index (χ1) is 9.08. The Morgan fingerprint density at radius 2 is 1.95 bits per heavy atom. The lowest BCUT2D eigenvalue weighted by Gasteiger charge is -2.17. The van der Waals surface area contributed by atoms with Gasteiger partial charge in [-0.2, -0.15) is 13.2 Å². The van der Waals surface area contributed by atoms with Crippen LogP contribution < -0.4 is 10.6 Å². The van der Waals surface area contributed by atoms with E-state index in [9.17, 15) is 23.1 Å². The second kappa shape index (κ2) is 6.23. The Morgan fingerprint density at radius 1 is 1.30 bits per heavy atom. The first-order valence-corrected chi connectivity index (χ1v) is 5.98. The smallest absolute Gasteiger partial charge is 0.389 e. The highest BCUT2D eigenvalue weighted by molar-refractivity contribution is 5.94. The van der Waals surface area contributed by atoms with Crippen molar-refractivity contribution in [2.24, 2.45) is 0 Å². The Balaban J connectivity index is 2.60. The molecule has 0 saturated carbocycles. The Morgan fingerprint density at radius 3 is 2.50 bits per heavy atom. The highest BCUT2D eigenvalue weighted by Crippen LogP contribution is 2.18. The van der Waals surface area contributed by atoms with Gasteiger partial charge < -0.3 is 15.7 Å². The van der Waals surface area contributed by atoms with Crippen LogP contribution in [0.5, 0.6) is 0 Å². The van der Waals surface area contributed by atoms with Crippen molar-refractivity contribution in [1.29, 1.82) is 0 Å². The maximum atomic E-state index is 12.1. The molecule has 0 saturated heterocycles. The zero-order valence-corrected chi connectivity index (χ0v) is 11.2. The normalized spacial score (nSPS) is 12.3. The van der Waals surface area contributed by atoms with Gasteiger partial charge in [0, 0.05) is 18.8 Å². The van der Waals surface area contributed by atoms with E-state index in [4.69, 9.17) is 0 Å². The van der Waals surface area contributed by atoms with E-state index >= 15 is 0 Å². The van der Waals surface area contributed by atoms with Gasteiger partial charge in [-0.25, -0.2) is 0 Å². The number of hydrogen-bond donors (Lipinski definition) is 3. The summed E-state index contributed by atoms with van der Waals surface area (Å²) in [7, 11) is 0. The minimum atomic E-state index is -4.91. The molecule has 0 aliphatic carbocycles. The minimum Gasteiger partial charge on any atom is -0.389 e. The number of carbonyl (C=O) groups excluding carboxylic acids is 1. The number of nitrogens with one attached hydrogen (secondary N) is 2. The van der Waals surface area contributed by atoms with Crippen LogP contribution in [-0.4, -0.2) is 29.3 Å². The standard InChI is InChI=1S/C13H17F3N2O2/c1-12(2,20)8-17-7-9-4-3-5-10(6-9)18-11(19)13(14,15)16/h3-6,17,20H,7-8H2,1-2H3,(H,18,19). The van der Waals surface area contributed by atoms with Gasteiger partial charge in [0.15, 0.2) is 0 Å². The molecule has 4 nitrogen and oxygen atoms in total. The molecule has 1 rings (SSSR count). The summed E-state index contributed by atoms with van der Waals surface area (Å²) in [6.45, 7) is 3.99. The van der Waals surface area contributed by atoms with Gasteiger partial charge in [0.2, 0.25) is 0 Å². The summed E-state index contributed by atoms with van der Waals surface area (Å²) in [5.74, 6) is -2.00. The number of hydrogen-bond acceptors (Lipinski definition) is 3. The van der Waals surface area contributed by atoms with Gasteiger partial charge in [0.1, 0.15) is 0 Å². The number of benzene rings is 1. The van der Waals surface area contributed by atoms with Gasteiger partial charge >= 0.3 is 12.1 Å². The van der Waals surface area contributed by atoms with Crippen LogP contribution in [0.2, 0.25) is 0 Å². The van der Waals surface area contributed by atoms with Gasteiger partial charge in [-0.3, -0.25) is 4.79 Å². The van der Waals surface area contributed by atoms with Crippen LogP contribution in [0.1, 0.15) is 19.4 Å². The summed E-state index contributed by atoms with van der Waals surface area (Å²) in [5.41, 5.74) is -0.0913. The highest BCUT2D eigenvalue weighted by Gasteiger charge is 2.38. The van der Waals surface area contributed by atoms with Crippen LogP contribution in [0, 0.1) is 0 Å². The monoisotopic (exact) mass is 290 g/mol. The lowest BCUT2D eigenvalue weighted by molar-refractivity contribution is -0.167. The molecule has 0 aliphatic heterocycles. The summed E-state index contributed by atoms with van der Waals surface area (Å²) in [5, 5.41) is 14.3. The molecule has 0 aromatic heterocycles. The fourth-order valence-corrected chi connectivity index (χ4v) is 1.47. The van der Waals surface area contributed by atoms with E-state index < -0.39 is 17.7 Å². The molecule has 0 atom stereocenters. The van der Waals surface area contributed by atoms with Gasteiger partial charge in [-0.1, -0.05) is 12.1 Å². The van der Waals surface area contributed by atoms with Crippen LogP contribution in [0.4, 0.5) is 18.9 Å². The third-order valence-corrected chi connectivity index (χ3v) is 2.33. The van der Waals surface area contributed by atoms with E-state index in [2.05, 4.69) is 5.32 Å². The molecular formula is C13H17F3N2O2. The largest absolute Gasteiger partial charge is 0.471 e. The number of anilines is 1. The van der Waals surface area contributed by atoms with E-state index in [1.165, 1.54) is 12.1 Å². The van der Waals surface area contributed by atoms with Crippen LogP contribution in [0.25, 0.3) is 0 Å². The van der Waals surface area contributed by atoms with Crippen molar-refractivity contribution >= 4 is 11.6 Å². The van der Waals surface area contributed by atoms with Crippen LogP contribution in [0.15, 0.2) is 24.3 Å². The Hall–Kier alpha value is -1.60. The van der Waals surface area contributed by atoms with Gasteiger partial charge in [0.05, 0.1) is 5.60 Å². The highest BCUT2D eigenvalue weighted by atomic mass is 19.4. The summed E-state index contributed by atoms with van der Waals surface area (Å²) in [4.78, 5) is 10.8. The van der Waals surface area contributed by atoms with E-state index in [1.54, 1.807) is 31.3 Å². The molecule has 0 bridgehead atoms. The third-order valence-electron chi connectivity index (χ3n) is 2.33. The van der Waals surface area contributed by atoms with Crippen LogP contribution >= 0.6 is 0 Å². The summed E-state index contributed by atoms with van der Waals surface area (Å²) >= 11 is 0. The third kappa shape index (κ3) is 6.03. The molecular weight excluding hydrogens is 273 g/mol. The summed E-state index contributed by atoms with van der Waals surface area (Å²) in [6.07, 6.45) is -4.91. The number of carbonyl (C=O) groups is 1. The van der Waals surface area contributed by atoms with E-state index in [0.717, 1.165) is 0 Å². The second-order valence-corrected chi connectivity index (χ2v) is 5.07. The van der Waals surface area contributed by atoms with E-state index in [-0.39, 0.29) is 5.69 Å². The van der Waals surface area contributed by atoms with Gasteiger partial charge in [-0.15, -0.1) is 0 Å². The van der Waals surface area contributed by atoms with E-state index in [1.807, 2.05) is 0 Å². The summed E-state index contributed by atoms with van der Waals surface area (Å²) in [6, 6.07) is 6.08. The second-order valence-electron chi connectivity index (χ2n) is 5.07. The molecule has 1 aromatic rings. The lowest BCUT2D eigenvalue weighted by atomic mass is 10.1. The lowest BCUT2D eigenvalue weighted by Crippen LogP contribution is -2.34. The maximum absolute atomic E-state index is 12.1. The first kappa shape index (κ1) is 16.5. The number of alkyl halides is 3.